The van der Waals surface area contributed by atoms with Gasteiger partial charge in [0.05, 0.1) is 21.8 Å². The fourth-order valence-corrected chi connectivity index (χ4v) is 6.00. The van der Waals surface area contributed by atoms with Crippen LogP contribution in [-0.4, -0.2) is 57.0 Å². The highest BCUT2D eigenvalue weighted by Crippen LogP contribution is 2.21. The quantitative estimate of drug-likeness (QED) is 0.0985. The Labute approximate surface area is 264 Å². The Balaban J connectivity index is 0.000000244. The number of hydrogen-bond acceptors (Lipinski definition) is 4. The minimum atomic E-state index is -1.45. The first kappa shape index (κ1) is 35.4. The van der Waals surface area contributed by atoms with Crippen LogP contribution in [0.2, 0.25) is 71.0 Å². The van der Waals surface area contributed by atoms with Crippen LogP contribution in [0.4, 0.5) is 8.78 Å². The fraction of sp³-hybridized carbons (Fsp3) is 0.455. The zero-order chi connectivity index (χ0) is 32.7. The molecular formula is C33H46F2N4O2Si3. The number of halogens is 2. The van der Waals surface area contributed by atoms with Gasteiger partial charge >= 0.3 is 0 Å². The van der Waals surface area contributed by atoms with Gasteiger partial charge in [-0.05, 0) is 48.5 Å². The summed E-state index contributed by atoms with van der Waals surface area (Å²) < 4.78 is 42.3. The van der Waals surface area contributed by atoms with Gasteiger partial charge in [0.2, 0.25) is 11.9 Å². The molecule has 0 amide bonds. The topological polar surface area (TPSA) is 54.1 Å². The van der Waals surface area contributed by atoms with Gasteiger partial charge < -0.3 is 9.47 Å². The molecule has 0 spiro atoms. The molecule has 2 heterocycles. The first-order valence-corrected chi connectivity index (χ1v) is 25.8. The summed E-state index contributed by atoms with van der Waals surface area (Å²) in [6.45, 7) is 22.3. The molecule has 6 nitrogen and oxygen atoms in total. The van der Waals surface area contributed by atoms with E-state index in [4.69, 9.17) is 15.9 Å². The van der Waals surface area contributed by atoms with E-state index in [0.717, 1.165) is 23.2 Å². The molecule has 0 aliphatic heterocycles. The summed E-state index contributed by atoms with van der Waals surface area (Å²) in [6, 6.07) is 12.9. The summed E-state index contributed by atoms with van der Waals surface area (Å²) >= 11 is 0. The van der Waals surface area contributed by atoms with Crippen molar-refractivity contribution in [1.82, 2.24) is 19.6 Å². The lowest BCUT2D eigenvalue weighted by atomic mass is 10.2. The molecule has 11 heteroatoms. The fourth-order valence-electron chi connectivity index (χ4n) is 3.96. The maximum absolute atomic E-state index is 14.1. The average molecular weight is 653 g/mol. The Hall–Kier alpha value is -3.07. The minimum Gasteiger partial charge on any atom is -0.360 e. The Morgan fingerprint density at radius 2 is 1.14 bits per heavy atom. The summed E-state index contributed by atoms with van der Waals surface area (Å²) in [5.74, 6) is 4.69. The van der Waals surface area contributed by atoms with Crippen LogP contribution in [0.25, 0.3) is 21.8 Å². The van der Waals surface area contributed by atoms with Crippen LogP contribution in [0.5, 0.6) is 0 Å². The van der Waals surface area contributed by atoms with E-state index in [0.29, 0.717) is 35.1 Å². The third-order valence-corrected chi connectivity index (χ3v) is 10.9. The molecule has 236 valence electrons. The van der Waals surface area contributed by atoms with Crippen LogP contribution in [0, 0.1) is 35.7 Å². The molecule has 0 aliphatic rings. The third-order valence-electron chi connectivity index (χ3n) is 6.58. The van der Waals surface area contributed by atoms with Crippen molar-refractivity contribution in [2.45, 2.75) is 84.5 Å². The second-order valence-corrected chi connectivity index (χ2v) is 30.4. The highest BCUT2D eigenvalue weighted by atomic mass is 28.3. The molecule has 0 fully saturated rings. The second-order valence-electron chi connectivity index (χ2n) is 14.4. The summed E-state index contributed by atoms with van der Waals surface area (Å²) in [6.07, 6.45) is 5.32. The van der Waals surface area contributed by atoms with Crippen molar-refractivity contribution in [3.8, 4) is 23.8 Å². The number of hydrogen-bond donors (Lipinski definition) is 0. The van der Waals surface area contributed by atoms with Crippen molar-refractivity contribution in [2.24, 2.45) is 0 Å². The lowest BCUT2D eigenvalue weighted by molar-refractivity contribution is 0.0803. The molecule has 2 aromatic carbocycles. The number of nitrogens with zero attached hydrogens (tertiary/aromatic N) is 4. The van der Waals surface area contributed by atoms with Gasteiger partial charge in [-0.1, -0.05) is 70.8 Å². The van der Waals surface area contributed by atoms with Gasteiger partial charge in [-0.2, -0.15) is 8.78 Å². The molecule has 0 aliphatic carbocycles. The van der Waals surface area contributed by atoms with Gasteiger partial charge in [-0.3, -0.25) is 0 Å². The van der Waals surface area contributed by atoms with Gasteiger partial charge in [0.25, 0.3) is 0 Å². The van der Waals surface area contributed by atoms with E-state index >= 15 is 0 Å². The van der Waals surface area contributed by atoms with Crippen molar-refractivity contribution >= 4 is 46.0 Å². The van der Waals surface area contributed by atoms with Gasteiger partial charge in [0.15, 0.2) is 0 Å². The molecule has 0 atom stereocenters. The first-order valence-electron chi connectivity index (χ1n) is 14.9. The smallest absolute Gasteiger partial charge is 0.240 e. The van der Waals surface area contributed by atoms with Crippen LogP contribution in [0.1, 0.15) is 11.1 Å². The van der Waals surface area contributed by atoms with E-state index in [1.54, 1.807) is 28.9 Å². The van der Waals surface area contributed by atoms with E-state index in [1.807, 2.05) is 12.1 Å². The van der Waals surface area contributed by atoms with Gasteiger partial charge in [0.1, 0.15) is 21.5 Å². The first-order chi connectivity index (χ1) is 20.5. The molecule has 0 bridgehead atoms. The zero-order valence-electron chi connectivity index (χ0n) is 27.6. The SMILES string of the molecule is C#Cc1ccc2c(c1)c(F)nn2COCC[Si](C)(C)C.C[Si](C)(C)C#Cc1ccc2c(c1)c(F)nn2COCC[Si](C)(C)C. The molecule has 0 saturated heterocycles. The van der Waals surface area contributed by atoms with Crippen molar-refractivity contribution in [2.75, 3.05) is 13.2 Å². The van der Waals surface area contributed by atoms with E-state index in [9.17, 15) is 8.78 Å². The molecule has 44 heavy (non-hydrogen) atoms. The van der Waals surface area contributed by atoms with E-state index in [2.05, 4.69) is 86.5 Å². The van der Waals surface area contributed by atoms with Gasteiger partial charge in [-0.15, -0.1) is 22.2 Å². The molecular weight excluding hydrogens is 607 g/mol. The molecule has 0 N–H and O–H groups in total. The van der Waals surface area contributed by atoms with E-state index < -0.39 is 36.1 Å². The number of benzene rings is 2. The highest BCUT2D eigenvalue weighted by Gasteiger charge is 2.15. The monoisotopic (exact) mass is 652 g/mol. The summed E-state index contributed by atoms with van der Waals surface area (Å²) in [7, 11) is -3.67. The van der Waals surface area contributed by atoms with Crippen LogP contribution in [0.3, 0.4) is 0 Å². The zero-order valence-corrected chi connectivity index (χ0v) is 30.6. The number of fused-ring (bicyclic) bond motifs is 2. The third kappa shape index (κ3) is 11.1. The van der Waals surface area contributed by atoms with Gasteiger partial charge in [0, 0.05) is 40.5 Å². The lowest BCUT2D eigenvalue weighted by Gasteiger charge is -2.15. The number of rotatable bonds is 10. The van der Waals surface area contributed by atoms with Crippen molar-refractivity contribution in [3.05, 3.63) is 59.4 Å². The predicted molar refractivity (Wildman–Crippen MR) is 186 cm³/mol. The van der Waals surface area contributed by atoms with Crippen LogP contribution in [0.15, 0.2) is 36.4 Å². The van der Waals surface area contributed by atoms with Crippen LogP contribution < -0.4 is 0 Å². The molecule has 0 saturated carbocycles. The molecule has 4 aromatic rings. The molecule has 0 unspecified atom stereocenters. The molecule has 4 rings (SSSR count). The Morgan fingerprint density at radius 1 is 0.705 bits per heavy atom. The van der Waals surface area contributed by atoms with Crippen LogP contribution in [-0.2, 0) is 22.9 Å². The van der Waals surface area contributed by atoms with Crippen LogP contribution >= 0.6 is 0 Å². The van der Waals surface area contributed by atoms with Crippen molar-refractivity contribution in [1.29, 1.82) is 0 Å². The Morgan fingerprint density at radius 3 is 1.55 bits per heavy atom. The number of ether oxygens (including phenoxy) is 2. The number of aromatic nitrogens is 4. The summed E-state index contributed by atoms with van der Waals surface area (Å²) in [5, 5.41) is 8.78. The Kier molecular flexibility index (Phi) is 11.9. The van der Waals surface area contributed by atoms with Gasteiger partial charge in [-0.25, -0.2) is 9.36 Å². The standard InChI is InChI=1S/C18H27FN2OSi2.C15H19FN2OSi/c1-23(2,3)11-9-15-7-8-17-16(13-15)18(19)20-21(17)14-22-10-12-24(4,5)6;1-5-12-6-7-14-13(10-12)15(16)17-18(14)11-19-8-9-20(2,3)4/h7-8,13H,10,12,14H2,1-6H3;1,6-7,10H,8-9,11H2,2-4H3. The highest BCUT2D eigenvalue weighted by molar-refractivity contribution is 6.83. The second kappa shape index (κ2) is 14.8. The normalized spacial score (nSPS) is 12.0. The van der Waals surface area contributed by atoms with Crippen molar-refractivity contribution < 1.29 is 18.3 Å². The van der Waals surface area contributed by atoms with Crippen molar-refractivity contribution in [3.63, 3.8) is 0 Å². The lowest BCUT2D eigenvalue weighted by Crippen LogP contribution is -2.22. The Bertz CT molecular complexity index is 1680. The summed E-state index contributed by atoms with van der Waals surface area (Å²) in [5.41, 5.74) is 6.24. The molecule has 0 radical (unpaired) electrons. The van der Waals surface area contributed by atoms with E-state index in [-0.39, 0.29) is 13.5 Å². The maximum Gasteiger partial charge on any atom is 0.240 e. The molecule has 2 aromatic heterocycles. The van der Waals surface area contributed by atoms with E-state index in [1.165, 1.54) is 4.68 Å². The summed E-state index contributed by atoms with van der Waals surface area (Å²) in [4.78, 5) is 0. The average Bonchev–Trinajstić information content (AvgIpc) is 3.41. The number of terminal acetylenes is 1. The minimum absolute atomic E-state index is 0.264. The predicted octanol–water partition coefficient (Wildman–Crippen LogP) is 8.19. The maximum atomic E-state index is 14.1. The largest absolute Gasteiger partial charge is 0.360 e.